The van der Waals surface area contributed by atoms with Gasteiger partial charge in [0.1, 0.15) is 11.4 Å². The minimum atomic E-state index is -1.24. The monoisotopic (exact) mass is 370 g/mol. The fourth-order valence-electron chi connectivity index (χ4n) is 2.90. The third-order valence-electron chi connectivity index (χ3n) is 4.15. The highest BCUT2D eigenvalue weighted by atomic mass is 16.5. The molecule has 0 saturated carbocycles. The molecular formula is C19H18N2O6. The van der Waals surface area contributed by atoms with Crippen molar-refractivity contribution in [2.75, 3.05) is 26.6 Å². The van der Waals surface area contributed by atoms with Crippen LogP contribution in [0.1, 0.15) is 21.5 Å². The summed E-state index contributed by atoms with van der Waals surface area (Å²) < 4.78 is 15.8. The van der Waals surface area contributed by atoms with E-state index < -0.39 is 11.9 Å². The predicted octanol–water partition coefficient (Wildman–Crippen LogP) is 2.79. The number of carboxylic acid groups (broad SMARTS) is 1. The maximum Gasteiger partial charge on any atom is 0.338 e. The minimum Gasteiger partial charge on any atom is -0.493 e. The third-order valence-corrected chi connectivity index (χ3v) is 4.15. The second-order valence-corrected chi connectivity index (χ2v) is 5.81. The molecule has 27 heavy (non-hydrogen) atoms. The number of methoxy groups -OCH3 is 3. The molecule has 0 aromatic heterocycles. The maximum absolute atomic E-state index is 12.4. The highest BCUT2D eigenvalue weighted by Crippen LogP contribution is 2.47. The molecule has 140 valence electrons. The molecule has 1 aliphatic heterocycles. The number of rotatable bonds is 5. The zero-order valence-corrected chi connectivity index (χ0v) is 15.2. The number of fused-ring (bicyclic) bond motifs is 1. The number of ether oxygens (including phenoxy) is 3. The van der Waals surface area contributed by atoms with Crippen LogP contribution in [0.4, 0.5) is 11.4 Å². The van der Waals surface area contributed by atoms with E-state index in [1.807, 2.05) is 13.0 Å². The van der Waals surface area contributed by atoms with Crippen LogP contribution >= 0.6 is 0 Å². The lowest BCUT2D eigenvalue weighted by atomic mass is 10.1. The summed E-state index contributed by atoms with van der Waals surface area (Å²) in [5.41, 5.74) is 2.04. The summed E-state index contributed by atoms with van der Waals surface area (Å²) in [7, 11) is 4.15. The summed E-state index contributed by atoms with van der Waals surface area (Å²) >= 11 is 0. The molecular weight excluding hydrogens is 352 g/mol. The van der Waals surface area contributed by atoms with Crippen LogP contribution in [-0.4, -0.2) is 44.0 Å². The first kappa shape index (κ1) is 18.2. The molecule has 0 unspecified atom stereocenters. The number of aliphatic imine (C=N–C) groups is 1. The summed E-state index contributed by atoms with van der Waals surface area (Å²) in [6.07, 6.45) is 0. The van der Waals surface area contributed by atoms with Crippen LogP contribution < -0.4 is 19.5 Å². The van der Waals surface area contributed by atoms with E-state index in [0.29, 0.717) is 11.3 Å². The van der Waals surface area contributed by atoms with Gasteiger partial charge in [0, 0.05) is 11.6 Å². The Bertz CT molecular complexity index is 981. The van der Waals surface area contributed by atoms with Gasteiger partial charge in [0.15, 0.2) is 11.5 Å². The number of anilines is 1. The lowest BCUT2D eigenvalue weighted by Gasteiger charge is -2.16. The van der Waals surface area contributed by atoms with Gasteiger partial charge in [-0.05, 0) is 19.1 Å². The van der Waals surface area contributed by atoms with Gasteiger partial charge in [-0.1, -0.05) is 11.6 Å². The van der Waals surface area contributed by atoms with Gasteiger partial charge in [0.05, 0.1) is 32.6 Å². The second-order valence-electron chi connectivity index (χ2n) is 5.81. The zero-order chi connectivity index (χ0) is 19.7. The molecule has 0 aliphatic carbocycles. The molecule has 0 atom stereocenters. The first-order valence-corrected chi connectivity index (χ1v) is 7.98. The number of nitrogens with zero attached hydrogens (tertiary/aromatic N) is 1. The van der Waals surface area contributed by atoms with Crippen LogP contribution in [0, 0.1) is 6.92 Å². The van der Waals surface area contributed by atoms with Gasteiger partial charge >= 0.3 is 5.97 Å². The van der Waals surface area contributed by atoms with E-state index in [4.69, 9.17) is 14.2 Å². The molecule has 0 fully saturated rings. The Hall–Kier alpha value is -3.55. The Morgan fingerprint density at radius 1 is 1.07 bits per heavy atom. The van der Waals surface area contributed by atoms with Crippen molar-refractivity contribution in [2.45, 2.75) is 6.92 Å². The fourth-order valence-corrected chi connectivity index (χ4v) is 2.90. The lowest BCUT2D eigenvalue weighted by molar-refractivity contribution is -0.110. The molecule has 1 aliphatic rings. The van der Waals surface area contributed by atoms with E-state index >= 15 is 0 Å². The maximum atomic E-state index is 12.4. The van der Waals surface area contributed by atoms with E-state index in [1.165, 1.54) is 27.4 Å². The average molecular weight is 370 g/mol. The van der Waals surface area contributed by atoms with Gasteiger partial charge in [0.25, 0.3) is 5.91 Å². The van der Waals surface area contributed by atoms with Crippen molar-refractivity contribution in [3.8, 4) is 17.2 Å². The van der Waals surface area contributed by atoms with Gasteiger partial charge < -0.3 is 24.6 Å². The van der Waals surface area contributed by atoms with E-state index in [0.717, 1.165) is 5.56 Å². The number of aryl methyl sites for hydroxylation is 1. The van der Waals surface area contributed by atoms with Gasteiger partial charge in [-0.2, -0.15) is 0 Å². The Morgan fingerprint density at radius 2 is 1.78 bits per heavy atom. The van der Waals surface area contributed by atoms with Crippen LogP contribution in [-0.2, 0) is 4.79 Å². The fraction of sp³-hybridized carbons (Fsp3) is 0.211. The SMILES string of the molecule is COc1cc(C(=O)O)c(N=C2C(=O)Nc3ccc(C)cc32)c(OC)c1OC. The molecule has 0 saturated heterocycles. The van der Waals surface area contributed by atoms with Crippen molar-refractivity contribution in [3.63, 3.8) is 0 Å². The highest BCUT2D eigenvalue weighted by Gasteiger charge is 2.29. The van der Waals surface area contributed by atoms with Gasteiger partial charge in [-0.3, -0.25) is 4.79 Å². The molecule has 2 aromatic rings. The van der Waals surface area contributed by atoms with E-state index in [2.05, 4.69) is 10.3 Å². The molecule has 2 N–H and O–H groups in total. The van der Waals surface area contributed by atoms with Crippen LogP contribution in [0.2, 0.25) is 0 Å². The Balaban J connectivity index is 2.32. The molecule has 0 spiro atoms. The number of carbonyl (C=O) groups is 2. The first-order chi connectivity index (χ1) is 12.9. The summed E-state index contributed by atoms with van der Waals surface area (Å²) in [5, 5.41) is 12.3. The van der Waals surface area contributed by atoms with Crippen LogP contribution in [0.25, 0.3) is 0 Å². The van der Waals surface area contributed by atoms with E-state index in [-0.39, 0.29) is 34.2 Å². The van der Waals surface area contributed by atoms with Crippen molar-refractivity contribution in [3.05, 3.63) is 41.0 Å². The molecule has 0 bridgehead atoms. The average Bonchev–Trinajstić information content (AvgIpc) is 2.95. The smallest absolute Gasteiger partial charge is 0.338 e. The summed E-state index contributed by atoms with van der Waals surface area (Å²) in [4.78, 5) is 28.6. The topological polar surface area (TPSA) is 106 Å². The molecule has 0 radical (unpaired) electrons. The van der Waals surface area contributed by atoms with Crippen LogP contribution in [0.5, 0.6) is 17.2 Å². The number of aromatic carboxylic acids is 1. The van der Waals surface area contributed by atoms with Crippen molar-refractivity contribution >= 4 is 29.0 Å². The van der Waals surface area contributed by atoms with Gasteiger partial charge in [-0.25, -0.2) is 9.79 Å². The van der Waals surface area contributed by atoms with Crippen LogP contribution in [0.3, 0.4) is 0 Å². The van der Waals surface area contributed by atoms with Gasteiger partial charge in [-0.15, -0.1) is 0 Å². The zero-order valence-electron chi connectivity index (χ0n) is 15.2. The number of nitrogens with one attached hydrogen (secondary N) is 1. The number of carboxylic acids is 1. The third kappa shape index (κ3) is 3.05. The number of amides is 1. The standard InChI is InChI=1S/C19H18N2O6/c1-9-5-6-12-10(7-9)15(18(22)20-12)21-14-11(19(23)24)8-13(25-2)16(26-3)17(14)27-4/h5-8H,1-4H3,(H,23,24)(H,20,21,22). The Labute approximate surface area is 155 Å². The van der Waals surface area contributed by atoms with E-state index in [9.17, 15) is 14.7 Å². The first-order valence-electron chi connectivity index (χ1n) is 7.98. The predicted molar refractivity (Wildman–Crippen MR) is 99.1 cm³/mol. The molecule has 1 amide bonds. The molecule has 8 nitrogen and oxygen atoms in total. The summed E-state index contributed by atoms with van der Waals surface area (Å²) in [6, 6.07) is 6.73. The summed E-state index contributed by atoms with van der Waals surface area (Å²) in [5.74, 6) is -1.23. The van der Waals surface area contributed by atoms with Crippen molar-refractivity contribution in [1.82, 2.24) is 0 Å². The normalized spacial score (nSPS) is 13.9. The largest absolute Gasteiger partial charge is 0.493 e. The highest BCUT2D eigenvalue weighted by molar-refractivity contribution is 6.54. The van der Waals surface area contributed by atoms with Crippen molar-refractivity contribution < 1.29 is 28.9 Å². The second kappa shape index (κ2) is 6.99. The minimum absolute atomic E-state index is 0.0258. The molecule has 1 heterocycles. The number of hydrogen-bond donors (Lipinski definition) is 2. The number of carbonyl (C=O) groups excluding carboxylic acids is 1. The van der Waals surface area contributed by atoms with E-state index in [1.54, 1.807) is 12.1 Å². The van der Waals surface area contributed by atoms with Crippen molar-refractivity contribution in [2.24, 2.45) is 4.99 Å². The number of hydrogen-bond acceptors (Lipinski definition) is 6. The molecule has 2 aromatic carbocycles. The number of benzene rings is 2. The summed E-state index contributed by atoms with van der Waals surface area (Å²) in [6.45, 7) is 1.89. The van der Waals surface area contributed by atoms with Crippen LogP contribution in [0.15, 0.2) is 29.3 Å². The van der Waals surface area contributed by atoms with Gasteiger partial charge in [0.2, 0.25) is 5.75 Å². The van der Waals surface area contributed by atoms with Crippen molar-refractivity contribution in [1.29, 1.82) is 0 Å². The quantitative estimate of drug-likeness (QED) is 0.838. The molecule has 8 heteroatoms. The Morgan fingerprint density at radius 3 is 2.37 bits per heavy atom. The Kier molecular flexibility index (Phi) is 4.72. The molecule has 3 rings (SSSR count). The lowest BCUT2D eigenvalue weighted by Crippen LogP contribution is -2.14.